The Hall–Kier alpha value is -0.760. The molecule has 8 heteroatoms. The van der Waals surface area contributed by atoms with Crippen LogP contribution in [-0.2, 0) is 9.53 Å². The van der Waals surface area contributed by atoms with E-state index in [1.54, 1.807) is 7.11 Å². The van der Waals surface area contributed by atoms with Gasteiger partial charge in [0.05, 0.1) is 12.0 Å². The molecule has 1 saturated heterocycles. The highest BCUT2D eigenvalue weighted by molar-refractivity contribution is 7.15. The van der Waals surface area contributed by atoms with Gasteiger partial charge >= 0.3 is 0 Å². The van der Waals surface area contributed by atoms with Crippen LogP contribution in [0.15, 0.2) is 0 Å². The molecule has 0 aromatic carbocycles. The molecule has 0 radical (unpaired) electrons. The number of anilines is 1. The lowest BCUT2D eigenvalue weighted by atomic mass is 9.79. The van der Waals surface area contributed by atoms with E-state index in [-0.39, 0.29) is 18.3 Å². The van der Waals surface area contributed by atoms with Gasteiger partial charge in [0, 0.05) is 7.11 Å². The van der Waals surface area contributed by atoms with Gasteiger partial charge in [0.15, 0.2) is 0 Å². The lowest BCUT2D eigenvalue weighted by Gasteiger charge is -2.35. The molecule has 108 valence electrons. The van der Waals surface area contributed by atoms with Crippen molar-refractivity contribution < 1.29 is 9.53 Å². The smallest absolute Gasteiger partial charge is 0.234 e. The third kappa shape index (κ3) is 3.85. The summed E-state index contributed by atoms with van der Waals surface area (Å²) in [6.45, 7) is 3.99. The number of aryl methyl sites for hydroxylation is 1. The minimum atomic E-state index is -0.445. The van der Waals surface area contributed by atoms with Gasteiger partial charge in [0.2, 0.25) is 11.0 Å². The number of nitrogens with zero attached hydrogens (tertiary/aromatic N) is 2. The molecule has 2 rings (SSSR count). The van der Waals surface area contributed by atoms with Crippen LogP contribution in [0, 0.1) is 12.3 Å². The Kier molecular flexibility index (Phi) is 6.12. The number of aromatic nitrogens is 2. The molecular formula is C11H19ClN4O2S. The van der Waals surface area contributed by atoms with Crippen molar-refractivity contribution in [3.05, 3.63) is 5.01 Å². The van der Waals surface area contributed by atoms with Gasteiger partial charge in [-0.15, -0.1) is 22.6 Å². The molecule has 1 aliphatic heterocycles. The second-order valence-corrected chi connectivity index (χ2v) is 5.73. The molecule has 0 spiro atoms. The zero-order valence-corrected chi connectivity index (χ0v) is 12.7. The van der Waals surface area contributed by atoms with Crippen LogP contribution in [0.4, 0.5) is 5.13 Å². The first-order valence-electron chi connectivity index (χ1n) is 5.97. The van der Waals surface area contributed by atoms with E-state index >= 15 is 0 Å². The van der Waals surface area contributed by atoms with Gasteiger partial charge in [0.1, 0.15) is 5.01 Å². The monoisotopic (exact) mass is 306 g/mol. The van der Waals surface area contributed by atoms with Gasteiger partial charge in [-0.2, -0.15) is 0 Å². The van der Waals surface area contributed by atoms with Gasteiger partial charge in [-0.1, -0.05) is 11.3 Å². The first-order valence-corrected chi connectivity index (χ1v) is 6.79. The van der Waals surface area contributed by atoms with Crippen LogP contribution in [0.3, 0.4) is 0 Å². The van der Waals surface area contributed by atoms with Gasteiger partial charge < -0.3 is 10.1 Å². The molecule has 1 aliphatic rings. The molecule has 19 heavy (non-hydrogen) atoms. The van der Waals surface area contributed by atoms with Crippen molar-refractivity contribution >= 4 is 34.8 Å². The third-order valence-electron chi connectivity index (χ3n) is 3.21. The average molecular weight is 307 g/mol. The number of hydrogen-bond acceptors (Lipinski definition) is 6. The van der Waals surface area contributed by atoms with Gasteiger partial charge in [-0.25, -0.2) is 0 Å². The number of piperidine rings is 1. The number of hydrogen-bond donors (Lipinski definition) is 2. The molecule has 2 heterocycles. The zero-order chi connectivity index (χ0) is 13.0. The summed E-state index contributed by atoms with van der Waals surface area (Å²) in [5.74, 6) is -0.0120. The number of amides is 1. The first kappa shape index (κ1) is 16.3. The predicted molar refractivity (Wildman–Crippen MR) is 76.9 cm³/mol. The molecule has 0 unspecified atom stereocenters. The number of halogens is 1. The molecule has 1 amide bonds. The zero-order valence-electron chi connectivity index (χ0n) is 11.1. The van der Waals surface area contributed by atoms with Crippen LogP contribution in [0.5, 0.6) is 0 Å². The Morgan fingerprint density at radius 2 is 2.16 bits per heavy atom. The maximum Gasteiger partial charge on any atom is 0.234 e. The second kappa shape index (κ2) is 7.14. The topological polar surface area (TPSA) is 76.1 Å². The minimum absolute atomic E-state index is 0. The van der Waals surface area contributed by atoms with Crippen molar-refractivity contribution in [2.24, 2.45) is 5.41 Å². The number of nitrogens with one attached hydrogen (secondary N) is 2. The molecule has 1 aromatic rings. The van der Waals surface area contributed by atoms with Crippen LogP contribution in [-0.4, -0.2) is 42.9 Å². The highest BCUT2D eigenvalue weighted by Crippen LogP contribution is 2.31. The van der Waals surface area contributed by atoms with E-state index in [2.05, 4.69) is 20.8 Å². The van der Waals surface area contributed by atoms with E-state index in [0.29, 0.717) is 11.7 Å². The molecular weight excluding hydrogens is 288 g/mol. The predicted octanol–water partition coefficient (Wildman–Crippen LogP) is 1.22. The van der Waals surface area contributed by atoms with E-state index in [4.69, 9.17) is 4.74 Å². The van der Waals surface area contributed by atoms with E-state index in [0.717, 1.165) is 30.9 Å². The Bertz CT molecular complexity index is 415. The van der Waals surface area contributed by atoms with Gasteiger partial charge in [-0.3, -0.25) is 10.1 Å². The summed E-state index contributed by atoms with van der Waals surface area (Å²) in [6.07, 6.45) is 1.56. The van der Waals surface area contributed by atoms with Crippen molar-refractivity contribution in [1.29, 1.82) is 0 Å². The lowest BCUT2D eigenvalue weighted by Crippen LogP contribution is -2.47. The van der Waals surface area contributed by atoms with Crippen molar-refractivity contribution in [1.82, 2.24) is 15.5 Å². The van der Waals surface area contributed by atoms with E-state index in [1.165, 1.54) is 11.3 Å². The normalized spacial score (nSPS) is 17.6. The standard InChI is InChI=1S/C11H18N4O2S.ClH/c1-8-14-15-10(18-8)13-9(16)11(7-17-2)3-5-12-6-4-11;/h12H,3-7H2,1-2H3,(H,13,15,16);1H. The van der Waals surface area contributed by atoms with Gasteiger partial charge in [-0.05, 0) is 32.9 Å². The molecule has 1 fully saturated rings. The molecule has 1 aromatic heterocycles. The van der Waals surface area contributed by atoms with Crippen molar-refractivity contribution in [3.63, 3.8) is 0 Å². The van der Waals surface area contributed by atoms with Crippen LogP contribution in [0.25, 0.3) is 0 Å². The van der Waals surface area contributed by atoms with Crippen molar-refractivity contribution in [3.8, 4) is 0 Å². The number of rotatable bonds is 4. The third-order valence-corrected chi connectivity index (χ3v) is 3.96. The fourth-order valence-corrected chi connectivity index (χ4v) is 2.78. The van der Waals surface area contributed by atoms with Crippen LogP contribution < -0.4 is 10.6 Å². The summed E-state index contributed by atoms with van der Waals surface area (Å²) < 4.78 is 5.23. The first-order chi connectivity index (χ1) is 8.66. The summed E-state index contributed by atoms with van der Waals surface area (Å²) in [4.78, 5) is 12.4. The summed E-state index contributed by atoms with van der Waals surface area (Å²) >= 11 is 1.39. The van der Waals surface area contributed by atoms with Crippen LogP contribution in [0.1, 0.15) is 17.8 Å². The van der Waals surface area contributed by atoms with Crippen LogP contribution in [0.2, 0.25) is 0 Å². The highest BCUT2D eigenvalue weighted by atomic mass is 35.5. The Morgan fingerprint density at radius 1 is 1.47 bits per heavy atom. The van der Waals surface area contributed by atoms with E-state index in [9.17, 15) is 4.79 Å². The molecule has 6 nitrogen and oxygen atoms in total. The molecule has 2 N–H and O–H groups in total. The number of carbonyl (C=O) groups excluding carboxylic acids is 1. The van der Waals surface area contributed by atoms with Crippen LogP contribution >= 0.6 is 23.7 Å². The summed E-state index contributed by atoms with van der Waals surface area (Å²) in [7, 11) is 1.63. The molecule has 0 saturated carbocycles. The maximum atomic E-state index is 12.4. The van der Waals surface area contributed by atoms with E-state index in [1.807, 2.05) is 6.92 Å². The largest absolute Gasteiger partial charge is 0.384 e. The average Bonchev–Trinajstić information content (AvgIpc) is 2.76. The van der Waals surface area contributed by atoms with Crippen molar-refractivity contribution in [2.45, 2.75) is 19.8 Å². The SMILES string of the molecule is COCC1(C(=O)Nc2nnc(C)s2)CCNCC1.Cl. The fourth-order valence-electron chi connectivity index (χ4n) is 2.20. The summed E-state index contributed by atoms with van der Waals surface area (Å²) in [6, 6.07) is 0. The fraction of sp³-hybridized carbons (Fsp3) is 0.727. The lowest BCUT2D eigenvalue weighted by molar-refractivity contribution is -0.130. The maximum absolute atomic E-state index is 12.4. The molecule has 0 aliphatic carbocycles. The number of methoxy groups -OCH3 is 1. The second-order valence-electron chi connectivity index (χ2n) is 4.54. The minimum Gasteiger partial charge on any atom is -0.384 e. The Labute approximate surface area is 122 Å². The highest BCUT2D eigenvalue weighted by Gasteiger charge is 2.40. The van der Waals surface area contributed by atoms with Crippen molar-refractivity contribution in [2.75, 3.05) is 32.1 Å². The molecule has 0 atom stereocenters. The van der Waals surface area contributed by atoms with Gasteiger partial charge in [0.25, 0.3) is 0 Å². The Balaban J connectivity index is 0.00000180. The number of ether oxygens (including phenoxy) is 1. The number of carbonyl (C=O) groups is 1. The quantitative estimate of drug-likeness (QED) is 0.875. The Morgan fingerprint density at radius 3 is 2.68 bits per heavy atom. The van der Waals surface area contributed by atoms with E-state index < -0.39 is 5.41 Å². The molecule has 0 bridgehead atoms. The summed E-state index contributed by atoms with van der Waals surface area (Å²) in [5, 5.41) is 15.3. The summed E-state index contributed by atoms with van der Waals surface area (Å²) in [5.41, 5.74) is -0.445.